The molecule has 131 heavy (non-hydrogen) atoms. The number of phenolic OH excluding ortho intramolecular Hbond substituents is 1. The molecule has 1 aliphatic carbocycles. The minimum atomic E-state index is -5.76. The molecule has 1 aliphatic heterocycles. The lowest BCUT2D eigenvalue weighted by atomic mass is 9.90. The van der Waals surface area contributed by atoms with Gasteiger partial charge in [-0.2, -0.15) is 4.99 Å². The topological polar surface area (TPSA) is 752 Å². The Bertz CT molecular complexity index is 4760. The molecule has 1 heterocycles. The van der Waals surface area contributed by atoms with Gasteiger partial charge in [-0.3, -0.25) is 123 Å². The zero-order valence-electron chi connectivity index (χ0n) is 74.7. The summed E-state index contributed by atoms with van der Waals surface area (Å²) in [5, 5.41) is 91.2. The van der Waals surface area contributed by atoms with Crippen molar-refractivity contribution in [3.8, 4) is 28.2 Å². The number of fused-ring (bicyclic) bond motifs is 2. The van der Waals surface area contributed by atoms with E-state index in [9.17, 15) is 72.8 Å². The minimum Gasteiger partial charge on any atom is -0.756 e. The highest BCUT2D eigenvalue weighted by molar-refractivity contribution is 7.44. The van der Waals surface area contributed by atoms with Crippen molar-refractivity contribution in [1.29, 1.82) is 0 Å². The number of aliphatic hydroxyl groups excluding tert-OH is 1. The number of rotatable bonds is 62. The Balaban J connectivity index is 1.40. The minimum absolute atomic E-state index is 0.00606. The number of aromatic carboxylic acids is 1. The molecule has 0 radical (unpaired) electrons. The molecule has 2 aliphatic rings. The average molecular weight is 1850 g/mol. The van der Waals surface area contributed by atoms with Crippen LogP contribution in [-0.4, -0.2) is 204 Å². The molecule has 0 fully saturated rings. The third kappa shape index (κ3) is 41.6. The summed E-state index contributed by atoms with van der Waals surface area (Å²) >= 11 is 0. The second kappa shape index (κ2) is 57.9. The predicted octanol–water partition coefficient (Wildman–Crippen LogP) is -6.12. The summed E-state index contributed by atoms with van der Waals surface area (Å²) in [4.78, 5) is 196. The molecule has 5 rings (SSSR count). The van der Waals surface area contributed by atoms with Crippen molar-refractivity contribution in [2.45, 2.75) is 242 Å². The number of phosphoric acid groups is 1. The van der Waals surface area contributed by atoms with Crippen LogP contribution in [0.3, 0.4) is 0 Å². The smallest absolute Gasteiger partial charge is 0.338 e. The maximum atomic E-state index is 15.1. The van der Waals surface area contributed by atoms with Crippen LogP contribution < -0.4 is 135 Å². The van der Waals surface area contributed by atoms with E-state index < -0.39 is 152 Å². The second-order valence-electron chi connectivity index (χ2n) is 32.4. The number of phosphoric ester groups is 1. The highest BCUT2D eigenvalue weighted by Gasteiger charge is 2.37. The van der Waals surface area contributed by atoms with E-state index in [0.717, 1.165) is 31.7 Å². The maximum absolute atomic E-state index is 15.1. The van der Waals surface area contributed by atoms with Crippen LogP contribution in [0.1, 0.15) is 214 Å². The molecule has 0 saturated heterocycles. The van der Waals surface area contributed by atoms with Crippen LogP contribution >= 0.6 is 7.82 Å². The number of carboxylic acid groups (broad SMARTS) is 1. The van der Waals surface area contributed by atoms with Crippen LogP contribution in [-0.2, 0) is 58.7 Å². The molecule has 34 N–H and O–H groups in total. The van der Waals surface area contributed by atoms with Crippen LogP contribution in [0.15, 0.2) is 99.1 Å². The van der Waals surface area contributed by atoms with E-state index in [2.05, 4.69) is 85.6 Å². The summed E-state index contributed by atoms with van der Waals surface area (Å²) in [6.07, 6.45) is 13.7. The van der Waals surface area contributed by atoms with Crippen LogP contribution in [0.25, 0.3) is 33.4 Å². The van der Waals surface area contributed by atoms with Gasteiger partial charge in [0.1, 0.15) is 65.4 Å². The average Bonchev–Trinajstić information content (AvgIpc) is 0.745. The number of hydrogen-bond acceptors (Lipinski definition) is 19. The summed E-state index contributed by atoms with van der Waals surface area (Å²) in [5.74, 6) is -13.0. The Morgan fingerprint density at radius 3 is 1.41 bits per heavy atom. The zero-order chi connectivity index (χ0) is 96.5. The number of phenols is 1. The van der Waals surface area contributed by atoms with Crippen molar-refractivity contribution in [3.63, 3.8) is 0 Å². The van der Waals surface area contributed by atoms with Crippen LogP contribution in [0.5, 0.6) is 5.75 Å². The van der Waals surface area contributed by atoms with Gasteiger partial charge in [-0.25, -0.2) is 0 Å². The lowest BCUT2D eigenvalue weighted by Crippen LogP contribution is -2.61. The molecule has 0 bridgehead atoms. The van der Waals surface area contributed by atoms with Gasteiger partial charge in [0.25, 0.3) is 19.6 Å². The summed E-state index contributed by atoms with van der Waals surface area (Å²) in [6, 6.07) is 6.84. The van der Waals surface area contributed by atoms with E-state index in [-0.39, 0.29) is 186 Å². The molecule has 44 heteroatoms. The maximum Gasteiger partial charge on any atom is 0.338 e. The third-order valence-corrected chi connectivity index (χ3v) is 21.5. The number of benzene rings is 4. The first-order valence-corrected chi connectivity index (χ1v) is 45.8. The van der Waals surface area contributed by atoms with E-state index in [1.807, 2.05) is 13.8 Å². The molecule has 720 valence electrons. The number of unbranched alkanes of at least 4 members (excludes halogenated alkanes) is 13. The number of amides is 10. The lowest BCUT2D eigenvalue weighted by Gasteiger charge is -2.28. The zero-order valence-corrected chi connectivity index (χ0v) is 75.6. The quantitative estimate of drug-likeness (QED) is 0.00566. The molecule has 3 aromatic rings. The SMILES string of the molecule is CCCCCCCCCCCCCCCC(=O)NC(CC(C)C)C(=O)NC(CCCNC(N)=[NH2+])C(=O)NC(CCCNC(N)=[NH2+])C(=O)NC(CCCNC(N)=[NH2+])C(=O)NC(CCCNC(N)=[NH2+])C(=O)NC(Cc1ccccc1)C(=O)NC(COP(=O)([O-])O)C(=O)NC(CCCCNC(=O)c1ccc(-c2c3ccc(=O)cc-3oc3cc(O)ccc23)c(C(=O)[O-])c1)C(=O)N=C(O)CN. The van der Waals surface area contributed by atoms with Gasteiger partial charge in [-0.15, -0.1) is 0 Å². The van der Waals surface area contributed by atoms with Crippen molar-refractivity contribution < 1.29 is 113 Å². The van der Waals surface area contributed by atoms with E-state index in [4.69, 9.17) is 54.7 Å². The number of aromatic hydroxyl groups is 1. The molecule has 0 spiro atoms. The van der Waals surface area contributed by atoms with Crippen molar-refractivity contribution in [3.05, 3.63) is 112 Å². The third-order valence-electron chi connectivity index (χ3n) is 21.0. The van der Waals surface area contributed by atoms with Gasteiger partial charge in [0.2, 0.25) is 53.2 Å². The van der Waals surface area contributed by atoms with Crippen molar-refractivity contribution >= 4 is 114 Å². The first kappa shape index (κ1) is 109. The summed E-state index contributed by atoms with van der Waals surface area (Å²) in [6.45, 7) is 4.00. The van der Waals surface area contributed by atoms with E-state index in [1.165, 1.54) is 99.9 Å². The Kier molecular flexibility index (Phi) is 48.1. The number of aliphatic hydroxyl groups is 1. The molecule has 9 atom stereocenters. The summed E-state index contributed by atoms with van der Waals surface area (Å²) in [7, 11) is -5.76. The van der Waals surface area contributed by atoms with Crippen LogP contribution in [0, 0.1) is 5.92 Å². The highest BCUT2D eigenvalue weighted by atomic mass is 31.2. The molecule has 0 saturated carbocycles. The van der Waals surface area contributed by atoms with E-state index in [1.54, 1.807) is 30.3 Å². The predicted molar refractivity (Wildman–Crippen MR) is 485 cm³/mol. The van der Waals surface area contributed by atoms with Gasteiger partial charge < -0.3 is 92.4 Å². The molecule has 0 aromatic heterocycles. The second-order valence-corrected chi connectivity index (χ2v) is 33.6. The number of carbonyl (C=O) groups excluding carboxylic acids is 11. The standard InChI is InChI=1S/C87H132N23O20P/c1-4-5-6-7-8-9-10-11-12-13-14-15-19-33-71(113)102-66(45-52(2)3)80(121)106-64(31-24-43-100-86(93)94)77(118)104-62(29-22-41-98-84(89)90)75(116)103-63(30-23-42-99-85(91)92)76(117)105-65(32-25-44-101-87(95)96)78(119)108-67(46-53-26-17-16-18-27-53)81(122)109-68(51-129-131(126,127)128)82(123)107-61(79(120)110-72(114)50-88)28-20-21-40-97-74(115)54-34-37-57(60(47-54)83(124)125)73-58-38-35-55(111)48-69(58)130-70-49-56(112)36-39-59(70)73/h16-18,26-27,34-39,47-49,52,61-68,111H,4-15,19-25,28-33,40-46,50-51,88H2,1-3H3,(H,97,115)(H,102,113)(H,103,116)(H,104,118)(H,105,117)(H,106,121)(H,107,123)(H,108,119)(H,109,122)(H,124,125)(H4,89,90,98)(H4,91,92,99)(H4,93,94,100)(H4,95,96,101)(H,110,114,120)(H2,126,127,128)/p+2. The van der Waals surface area contributed by atoms with Crippen LogP contribution in [0.4, 0.5) is 0 Å². The largest absolute Gasteiger partial charge is 0.756 e. The molecule has 3 aromatic carbocycles. The Morgan fingerprint density at radius 1 is 0.504 bits per heavy atom. The van der Waals surface area contributed by atoms with Gasteiger partial charge in [0.15, 0.2) is 5.43 Å². The summed E-state index contributed by atoms with van der Waals surface area (Å²) in [5.41, 5.74) is 28.6. The lowest BCUT2D eigenvalue weighted by molar-refractivity contribution is -0.255. The van der Waals surface area contributed by atoms with Crippen LogP contribution in [0.2, 0.25) is 0 Å². The number of nitrogens with two attached hydrogens (primary N) is 9. The molecular formula is C87H134N23O20P+2. The number of carbonyl (C=O) groups is 11. The fourth-order valence-electron chi connectivity index (χ4n) is 14.3. The summed E-state index contributed by atoms with van der Waals surface area (Å²) < 4.78 is 22.8. The molecular weight excluding hydrogens is 1720 g/mol. The van der Waals surface area contributed by atoms with Gasteiger partial charge >= 0.3 is 23.8 Å². The monoisotopic (exact) mass is 1850 g/mol. The van der Waals surface area contributed by atoms with Gasteiger partial charge in [-0.1, -0.05) is 134 Å². The Hall–Kier alpha value is -12.9. The Labute approximate surface area is 760 Å². The number of nitrogens with one attached hydrogen (secondary N) is 13. The van der Waals surface area contributed by atoms with Crippen molar-refractivity contribution in [1.82, 2.24) is 69.1 Å². The van der Waals surface area contributed by atoms with Gasteiger partial charge in [0, 0.05) is 59.2 Å². The molecule has 43 nitrogen and oxygen atoms in total. The number of guanidine groups is 4. The van der Waals surface area contributed by atoms with E-state index in [0.29, 0.717) is 22.9 Å². The normalized spacial score (nSPS) is 13.6. The first-order valence-electron chi connectivity index (χ1n) is 44.3. The number of hydrogen-bond donors (Lipinski definition) is 25. The van der Waals surface area contributed by atoms with Crippen molar-refractivity contribution in [2.24, 2.45) is 39.6 Å². The fourth-order valence-corrected chi connectivity index (χ4v) is 14.7. The van der Waals surface area contributed by atoms with E-state index >= 15 is 14.4 Å². The first-order chi connectivity index (χ1) is 62.4. The fraction of sp³-hybridized carbons (Fsp3) is 0.529. The molecule has 9 unspecified atom stereocenters. The van der Waals surface area contributed by atoms with Gasteiger partial charge in [0.05, 0.1) is 45.3 Å². The number of nitrogens with zero attached hydrogens (tertiary/aromatic N) is 1. The number of carboxylic acids is 1. The highest BCUT2D eigenvalue weighted by Crippen LogP contribution is 2.42. The van der Waals surface area contributed by atoms with Gasteiger partial charge in [-0.05, 0) is 137 Å². The Morgan fingerprint density at radius 2 is 0.939 bits per heavy atom. The van der Waals surface area contributed by atoms with Crippen molar-refractivity contribution in [2.75, 3.05) is 45.9 Å². The molecule has 10 amide bonds. The number of aliphatic imine (C=N–C) groups is 1.